The smallest absolute Gasteiger partial charge is 0.249 e. The van der Waals surface area contributed by atoms with Crippen LogP contribution >= 0.6 is 0 Å². The molecule has 2 aliphatic heterocycles. The molecule has 0 aromatic carbocycles. The van der Waals surface area contributed by atoms with Crippen LogP contribution in [0.4, 0.5) is 0 Å². The fourth-order valence-electron chi connectivity index (χ4n) is 1.87. The van der Waals surface area contributed by atoms with E-state index in [0.717, 1.165) is 4.90 Å². The van der Waals surface area contributed by atoms with Gasteiger partial charge in [-0.1, -0.05) is 0 Å². The van der Waals surface area contributed by atoms with Crippen LogP contribution in [0, 0.1) is 0 Å². The summed E-state index contributed by atoms with van der Waals surface area (Å²) >= 11 is 0. The van der Waals surface area contributed by atoms with Crippen molar-refractivity contribution in [3.63, 3.8) is 0 Å². The maximum absolute atomic E-state index is 11.4. The van der Waals surface area contributed by atoms with Gasteiger partial charge in [-0.3, -0.25) is 29.4 Å². The number of carbonyl (C=O) groups excluding carboxylic acids is 4. The quantitative estimate of drug-likeness (QED) is 0.559. The zero-order valence-electron chi connectivity index (χ0n) is 7.99. The Morgan fingerprint density at radius 2 is 1.60 bits per heavy atom. The van der Waals surface area contributed by atoms with Crippen LogP contribution < -0.4 is 5.32 Å². The maximum atomic E-state index is 11.4. The van der Waals surface area contributed by atoms with Crippen LogP contribution in [-0.2, 0) is 19.2 Å². The van der Waals surface area contributed by atoms with Crippen molar-refractivity contribution in [3.8, 4) is 0 Å². The van der Waals surface area contributed by atoms with Gasteiger partial charge >= 0.3 is 0 Å². The molecule has 0 aromatic heterocycles. The summed E-state index contributed by atoms with van der Waals surface area (Å²) in [6.07, 6.45) is 0.739. The minimum absolute atomic E-state index is 0.163. The molecular weight excluding hydrogens is 200 g/mol. The maximum Gasteiger partial charge on any atom is 0.249 e. The van der Waals surface area contributed by atoms with Gasteiger partial charge in [0.2, 0.25) is 23.6 Å². The standard InChI is InChI=1S/C9H10N2O4/c12-6-2-1-5(9(15)10-6)11-7(13)3-4-8(11)14/h5H,1-4H2,(H,10,12,15). The lowest BCUT2D eigenvalue weighted by Crippen LogP contribution is -2.54. The highest BCUT2D eigenvalue weighted by Gasteiger charge is 2.40. The first kappa shape index (κ1) is 9.82. The summed E-state index contributed by atoms with van der Waals surface area (Å²) in [7, 11) is 0. The Labute approximate surface area is 85.6 Å². The van der Waals surface area contributed by atoms with E-state index in [2.05, 4.69) is 5.32 Å². The highest BCUT2D eigenvalue weighted by atomic mass is 16.2. The molecule has 2 heterocycles. The first-order valence-electron chi connectivity index (χ1n) is 4.78. The van der Waals surface area contributed by atoms with E-state index in [1.54, 1.807) is 0 Å². The molecule has 0 spiro atoms. The largest absolute Gasteiger partial charge is 0.295 e. The summed E-state index contributed by atoms with van der Waals surface area (Å²) < 4.78 is 0. The summed E-state index contributed by atoms with van der Waals surface area (Å²) in [6, 6.07) is -0.787. The molecule has 2 saturated heterocycles. The van der Waals surface area contributed by atoms with Gasteiger partial charge in [0.05, 0.1) is 0 Å². The number of imide groups is 2. The Bertz CT molecular complexity index is 347. The van der Waals surface area contributed by atoms with Crippen LogP contribution in [0.3, 0.4) is 0 Å². The Hall–Kier alpha value is -1.72. The summed E-state index contributed by atoms with van der Waals surface area (Å²) in [5, 5.41) is 2.12. The van der Waals surface area contributed by atoms with Crippen molar-refractivity contribution in [2.75, 3.05) is 0 Å². The second-order valence-corrected chi connectivity index (χ2v) is 3.62. The summed E-state index contributed by atoms with van der Waals surface area (Å²) in [4.78, 5) is 46.0. The molecule has 2 fully saturated rings. The zero-order chi connectivity index (χ0) is 11.0. The summed E-state index contributed by atoms with van der Waals surface area (Å²) in [5.41, 5.74) is 0. The molecule has 0 aromatic rings. The number of hydrogen-bond acceptors (Lipinski definition) is 4. The molecule has 1 N–H and O–H groups in total. The topological polar surface area (TPSA) is 83.6 Å². The summed E-state index contributed by atoms with van der Waals surface area (Å²) in [5.74, 6) is -1.55. The number of nitrogens with one attached hydrogen (secondary N) is 1. The Morgan fingerprint density at radius 1 is 1.00 bits per heavy atom. The fourth-order valence-corrected chi connectivity index (χ4v) is 1.87. The number of nitrogens with zero attached hydrogens (tertiary/aromatic N) is 1. The van der Waals surface area contributed by atoms with E-state index >= 15 is 0 Å². The molecule has 0 aliphatic carbocycles. The monoisotopic (exact) mass is 210 g/mol. The van der Waals surface area contributed by atoms with E-state index in [-0.39, 0.29) is 43.4 Å². The van der Waals surface area contributed by atoms with Gasteiger partial charge in [-0.25, -0.2) is 0 Å². The molecule has 0 radical (unpaired) electrons. The molecule has 0 bridgehead atoms. The van der Waals surface area contributed by atoms with Gasteiger partial charge in [0, 0.05) is 19.3 Å². The van der Waals surface area contributed by atoms with Crippen LogP contribution in [0.25, 0.3) is 0 Å². The van der Waals surface area contributed by atoms with Crippen LogP contribution in [0.2, 0.25) is 0 Å². The lowest BCUT2D eigenvalue weighted by Gasteiger charge is -2.27. The predicted molar refractivity (Wildman–Crippen MR) is 47.3 cm³/mol. The van der Waals surface area contributed by atoms with Gasteiger partial charge in [-0.05, 0) is 6.42 Å². The molecule has 4 amide bonds. The number of carbonyl (C=O) groups is 4. The van der Waals surface area contributed by atoms with Crippen molar-refractivity contribution < 1.29 is 19.2 Å². The van der Waals surface area contributed by atoms with Crippen molar-refractivity contribution in [3.05, 3.63) is 0 Å². The van der Waals surface area contributed by atoms with Crippen molar-refractivity contribution in [2.24, 2.45) is 0 Å². The zero-order valence-corrected chi connectivity index (χ0v) is 7.99. The normalized spacial score (nSPS) is 27.2. The molecular formula is C9H10N2O4. The average molecular weight is 210 g/mol. The third kappa shape index (κ3) is 1.62. The van der Waals surface area contributed by atoms with Gasteiger partial charge in [-0.15, -0.1) is 0 Å². The van der Waals surface area contributed by atoms with Crippen LogP contribution in [0.5, 0.6) is 0 Å². The lowest BCUT2D eigenvalue weighted by atomic mass is 10.0. The van der Waals surface area contributed by atoms with Crippen LogP contribution in [0.1, 0.15) is 25.7 Å². The van der Waals surface area contributed by atoms with Crippen molar-refractivity contribution >= 4 is 23.6 Å². The van der Waals surface area contributed by atoms with Crippen LogP contribution in [-0.4, -0.2) is 34.6 Å². The molecule has 0 saturated carbocycles. The van der Waals surface area contributed by atoms with Crippen LogP contribution in [0.15, 0.2) is 0 Å². The Morgan fingerprint density at radius 3 is 2.13 bits per heavy atom. The highest BCUT2D eigenvalue weighted by Crippen LogP contribution is 2.20. The van der Waals surface area contributed by atoms with E-state index in [0.29, 0.717) is 0 Å². The molecule has 2 aliphatic rings. The molecule has 1 atom stereocenters. The third-order valence-electron chi connectivity index (χ3n) is 2.61. The number of piperidine rings is 1. The predicted octanol–water partition coefficient (Wildman–Crippen LogP) is -1.06. The molecule has 80 valence electrons. The molecule has 6 nitrogen and oxygen atoms in total. The first-order valence-corrected chi connectivity index (χ1v) is 4.78. The van der Waals surface area contributed by atoms with Crippen molar-refractivity contribution in [2.45, 2.75) is 31.7 Å². The van der Waals surface area contributed by atoms with Gasteiger partial charge in [0.15, 0.2) is 0 Å². The minimum Gasteiger partial charge on any atom is -0.295 e. The highest BCUT2D eigenvalue weighted by molar-refractivity contribution is 6.08. The van der Waals surface area contributed by atoms with Crippen molar-refractivity contribution in [1.82, 2.24) is 10.2 Å². The number of hydrogen-bond donors (Lipinski definition) is 1. The fraction of sp³-hybridized carbons (Fsp3) is 0.556. The van der Waals surface area contributed by atoms with Gasteiger partial charge in [0.1, 0.15) is 6.04 Å². The molecule has 2 rings (SSSR count). The van der Waals surface area contributed by atoms with Gasteiger partial charge < -0.3 is 0 Å². The van der Waals surface area contributed by atoms with E-state index < -0.39 is 11.9 Å². The van der Waals surface area contributed by atoms with Crippen molar-refractivity contribution in [1.29, 1.82) is 0 Å². The van der Waals surface area contributed by atoms with E-state index in [1.165, 1.54) is 0 Å². The molecule has 1 unspecified atom stereocenters. The Balaban J connectivity index is 2.16. The van der Waals surface area contributed by atoms with E-state index in [1.807, 2.05) is 0 Å². The van der Waals surface area contributed by atoms with Gasteiger partial charge in [0.25, 0.3) is 0 Å². The number of amides is 4. The number of likely N-dealkylation sites (tertiary alicyclic amines) is 1. The van der Waals surface area contributed by atoms with E-state index in [4.69, 9.17) is 0 Å². The summed E-state index contributed by atoms with van der Waals surface area (Å²) in [6.45, 7) is 0. The molecule has 6 heteroatoms. The minimum atomic E-state index is -0.787. The average Bonchev–Trinajstić information content (AvgIpc) is 2.48. The second-order valence-electron chi connectivity index (χ2n) is 3.62. The van der Waals surface area contributed by atoms with E-state index in [9.17, 15) is 19.2 Å². The first-order chi connectivity index (χ1) is 7.09. The SMILES string of the molecule is O=C1CCC(N2C(=O)CCC2=O)C(=O)N1. The molecule has 15 heavy (non-hydrogen) atoms. The third-order valence-corrected chi connectivity index (χ3v) is 2.61. The number of rotatable bonds is 1. The van der Waals surface area contributed by atoms with Gasteiger partial charge in [-0.2, -0.15) is 0 Å². The second kappa shape index (κ2) is 3.45. The lowest BCUT2D eigenvalue weighted by molar-refractivity contribution is -0.150. The Kier molecular flexibility index (Phi) is 2.26.